The van der Waals surface area contributed by atoms with Gasteiger partial charge in [0.2, 0.25) is 0 Å². The summed E-state index contributed by atoms with van der Waals surface area (Å²) < 4.78 is 6.89. The van der Waals surface area contributed by atoms with Crippen molar-refractivity contribution in [2.45, 2.75) is 33.2 Å². The molecule has 0 aliphatic rings. The van der Waals surface area contributed by atoms with E-state index in [1.807, 2.05) is 50.2 Å². The molecule has 3 rings (SSSR count). The second kappa shape index (κ2) is 9.84. The van der Waals surface area contributed by atoms with Crippen LogP contribution in [0.3, 0.4) is 0 Å². The van der Waals surface area contributed by atoms with Crippen LogP contribution in [0.5, 0.6) is 0 Å². The molecular weight excluding hydrogens is 394 g/mol. The van der Waals surface area contributed by atoms with Gasteiger partial charge in [0.25, 0.3) is 5.91 Å². The fourth-order valence-electron chi connectivity index (χ4n) is 3.23. The highest BCUT2D eigenvalue weighted by molar-refractivity contribution is 5.92. The van der Waals surface area contributed by atoms with Crippen molar-refractivity contribution in [2.24, 2.45) is 0 Å². The van der Waals surface area contributed by atoms with E-state index >= 15 is 0 Å². The maximum atomic E-state index is 12.3. The SMILES string of the molecule is CC(=O)[C@@H](Cc1ccccc1)NC(=O)COC(=O)c1ccc(-n2nc(C)cc2C)cc1. The molecule has 0 aliphatic carbocycles. The Morgan fingerprint density at radius 2 is 1.71 bits per heavy atom. The molecule has 7 heteroatoms. The molecule has 0 fully saturated rings. The van der Waals surface area contributed by atoms with Crippen molar-refractivity contribution in [3.05, 3.63) is 83.2 Å². The summed E-state index contributed by atoms with van der Waals surface area (Å²) in [7, 11) is 0. The topological polar surface area (TPSA) is 90.3 Å². The molecule has 0 unspecified atom stereocenters. The molecule has 2 aromatic carbocycles. The van der Waals surface area contributed by atoms with Crippen LogP contribution in [0.25, 0.3) is 5.69 Å². The summed E-state index contributed by atoms with van der Waals surface area (Å²) in [5.74, 6) is -1.30. The van der Waals surface area contributed by atoms with E-state index in [2.05, 4.69) is 10.4 Å². The smallest absolute Gasteiger partial charge is 0.338 e. The van der Waals surface area contributed by atoms with Crippen LogP contribution in [0, 0.1) is 13.8 Å². The summed E-state index contributed by atoms with van der Waals surface area (Å²) in [6, 6.07) is 17.5. The first kappa shape index (κ1) is 22.0. The molecule has 1 amide bonds. The molecule has 1 heterocycles. The average molecular weight is 419 g/mol. The minimum atomic E-state index is -0.673. The first-order valence-corrected chi connectivity index (χ1v) is 9.98. The number of hydrogen-bond acceptors (Lipinski definition) is 5. The lowest BCUT2D eigenvalue weighted by molar-refractivity contribution is -0.128. The summed E-state index contributed by atoms with van der Waals surface area (Å²) in [6.45, 7) is 4.82. The quantitative estimate of drug-likeness (QED) is 0.567. The standard InChI is InChI=1S/C24H25N3O4/c1-16-13-17(2)27(26-16)21-11-9-20(10-12-21)24(30)31-15-23(29)25-22(18(3)28)14-19-7-5-4-6-8-19/h4-13,22H,14-15H2,1-3H3,(H,25,29)/t22-/m1/s1. The zero-order chi connectivity index (χ0) is 22.4. The second-order valence-corrected chi connectivity index (χ2v) is 7.38. The molecule has 0 spiro atoms. The molecule has 0 radical (unpaired) electrons. The van der Waals surface area contributed by atoms with E-state index in [1.54, 1.807) is 28.9 Å². The minimum Gasteiger partial charge on any atom is -0.452 e. The van der Waals surface area contributed by atoms with E-state index in [0.29, 0.717) is 12.0 Å². The predicted octanol–water partition coefficient (Wildman–Crippen LogP) is 2.96. The number of ketones is 1. The predicted molar refractivity (Wildman–Crippen MR) is 116 cm³/mol. The molecule has 160 valence electrons. The van der Waals surface area contributed by atoms with Gasteiger partial charge in [0.05, 0.1) is 23.0 Å². The molecule has 1 aromatic heterocycles. The first-order valence-electron chi connectivity index (χ1n) is 9.98. The van der Waals surface area contributed by atoms with Crippen LogP contribution in [0.1, 0.15) is 34.2 Å². The van der Waals surface area contributed by atoms with Crippen LogP contribution in [0.2, 0.25) is 0 Å². The highest BCUT2D eigenvalue weighted by Crippen LogP contribution is 2.13. The summed E-state index contributed by atoms with van der Waals surface area (Å²) in [6.07, 6.45) is 0.379. The fourth-order valence-corrected chi connectivity index (χ4v) is 3.23. The number of aryl methyl sites for hydroxylation is 2. The van der Waals surface area contributed by atoms with E-state index in [9.17, 15) is 14.4 Å². The number of carbonyl (C=O) groups excluding carboxylic acids is 3. The molecule has 1 atom stereocenters. The Balaban J connectivity index is 1.55. The lowest BCUT2D eigenvalue weighted by Crippen LogP contribution is -2.43. The summed E-state index contributed by atoms with van der Waals surface area (Å²) >= 11 is 0. The molecule has 0 saturated carbocycles. The molecule has 1 N–H and O–H groups in total. The van der Waals surface area contributed by atoms with Crippen LogP contribution in [-0.2, 0) is 20.7 Å². The molecular formula is C24H25N3O4. The highest BCUT2D eigenvalue weighted by Gasteiger charge is 2.19. The number of rotatable bonds is 8. The van der Waals surface area contributed by atoms with Crippen molar-refractivity contribution in [3.63, 3.8) is 0 Å². The van der Waals surface area contributed by atoms with Gasteiger partial charge < -0.3 is 10.1 Å². The zero-order valence-electron chi connectivity index (χ0n) is 17.8. The summed E-state index contributed by atoms with van der Waals surface area (Å²) in [5, 5.41) is 7.04. The minimum absolute atomic E-state index is 0.164. The number of ether oxygens (including phenoxy) is 1. The van der Waals surface area contributed by atoms with Gasteiger partial charge in [0, 0.05) is 5.69 Å². The lowest BCUT2D eigenvalue weighted by Gasteiger charge is -2.16. The number of nitrogens with zero attached hydrogens (tertiary/aromatic N) is 2. The van der Waals surface area contributed by atoms with Gasteiger partial charge in [-0.25, -0.2) is 9.48 Å². The van der Waals surface area contributed by atoms with Gasteiger partial charge in [-0.1, -0.05) is 30.3 Å². The first-order chi connectivity index (χ1) is 14.8. The Kier molecular flexibility index (Phi) is 6.97. The van der Waals surface area contributed by atoms with Gasteiger partial charge in [0.15, 0.2) is 12.4 Å². The van der Waals surface area contributed by atoms with E-state index in [0.717, 1.165) is 22.6 Å². The monoisotopic (exact) mass is 419 g/mol. The van der Waals surface area contributed by atoms with Crippen LogP contribution in [-0.4, -0.2) is 40.1 Å². The van der Waals surface area contributed by atoms with Gasteiger partial charge >= 0.3 is 5.97 Å². The molecule has 3 aromatic rings. The number of hydrogen-bond donors (Lipinski definition) is 1. The number of aromatic nitrogens is 2. The number of Topliss-reactive ketones (excluding diaryl/α,β-unsaturated/α-hetero) is 1. The van der Waals surface area contributed by atoms with E-state index in [1.165, 1.54) is 6.92 Å². The largest absolute Gasteiger partial charge is 0.452 e. The number of amides is 1. The van der Waals surface area contributed by atoms with Crippen molar-refractivity contribution >= 4 is 17.7 Å². The second-order valence-electron chi connectivity index (χ2n) is 7.38. The van der Waals surface area contributed by atoms with Crippen molar-refractivity contribution in [2.75, 3.05) is 6.61 Å². The van der Waals surface area contributed by atoms with E-state index < -0.39 is 24.5 Å². The number of carbonyl (C=O) groups is 3. The van der Waals surface area contributed by atoms with Gasteiger partial charge in [0.1, 0.15) is 0 Å². The number of benzene rings is 2. The Labute approximate surface area is 181 Å². The maximum absolute atomic E-state index is 12.3. The summed E-state index contributed by atoms with van der Waals surface area (Å²) in [5.41, 5.74) is 3.97. The Morgan fingerprint density at radius 3 is 2.29 bits per heavy atom. The van der Waals surface area contributed by atoms with Gasteiger partial charge in [-0.15, -0.1) is 0 Å². The molecule has 0 bridgehead atoms. The van der Waals surface area contributed by atoms with Gasteiger partial charge in [-0.2, -0.15) is 5.10 Å². The van der Waals surface area contributed by atoms with Crippen LogP contribution >= 0.6 is 0 Å². The molecule has 31 heavy (non-hydrogen) atoms. The molecule has 7 nitrogen and oxygen atoms in total. The van der Waals surface area contributed by atoms with Gasteiger partial charge in [-0.05, 0) is 63.1 Å². The average Bonchev–Trinajstić information content (AvgIpc) is 3.10. The maximum Gasteiger partial charge on any atom is 0.338 e. The number of esters is 1. The van der Waals surface area contributed by atoms with Crippen molar-refractivity contribution < 1.29 is 19.1 Å². The van der Waals surface area contributed by atoms with Crippen LogP contribution in [0.15, 0.2) is 60.7 Å². The fraction of sp³-hybridized carbons (Fsp3) is 0.250. The third-order valence-electron chi connectivity index (χ3n) is 4.80. The number of nitrogens with one attached hydrogen (secondary N) is 1. The van der Waals surface area contributed by atoms with Crippen LogP contribution in [0.4, 0.5) is 0 Å². The normalized spacial score (nSPS) is 11.6. The third-order valence-corrected chi connectivity index (χ3v) is 4.80. The summed E-state index contributed by atoms with van der Waals surface area (Å²) in [4.78, 5) is 36.4. The Hall–Kier alpha value is -3.74. The van der Waals surface area contributed by atoms with Crippen molar-refractivity contribution in [1.29, 1.82) is 0 Å². The van der Waals surface area contributed by atoms with E-state index in [4.69, 9.17) is 4.74 Å². The molecule has 0 saturated heterocycles. The van der Waals surface area contributed by atoms with E-state index in [-0.39, 0.29) is 5.78 Å². The van der Waals surface area contributed by atoms with Gasteiger partial charge in [-0.3, -0.25) is 9.59 Å². The Bertz CT molecular complexity index is 1070. The molecule has 0 aliphatic heterocycles. The van der Waals surface area contributed by atoms with Crippen molar-refractivity contribution in [3.8, 4) is 5.69 Å². The Morgan fingerprint density at radius 1 is 1.03 bits per heavy atom. The highest BCUT2D eigenvalue weighted by atomic mass is 16.5. The zero-order valence-corrected chi connectivity index (χ0v) is 17.8. The lowest BCUT2D eigenvalue weighted by atomic mass is 10.0. The third kappa shape index (κ3) is 5.88. The van der Waals surface area contributed by atoms with Crippen molar-refractivity contribution in [1.82, 2.24) is 15.1 Å². The van der Waals surface area contributed by atoms with Crippen LogP contribution < -0.4 is 5.32 Å².